The molecular formula is C16H12ClN3S. The average molecular weight is 314 g/mol. The number of hydrogen-bond donors (Lipinski definition) is 0. The zero-order valence-electron chi connectivity index (χ0n) is 11.4. The number of aromatic nitrogens is 3. The van der Waals surface area contributed by atoms with Crippen LogP contribution in [0.1, 0.15) is 11.3 Å². The zero-order valence-corrected chi connectivity index (χ0v) is 12.9. The molecule has 0 atom stereocenters. The van der Waals surface area contributed by atoms with Crippen molar-refractivity contribution in [2.24, 2.45) is 0 Å². The quantitative estimate of drug-likeness (QED) is 0.662. The minimum absolute atomic E-state index is 0.730. The summed E-state index contributed by atoms with van der Waals surface area (Å²) in [5.74, 6) is 0.909. The van der Waals surface area contributed by atoms with Gasteiger partial charge >= 0.3 is 0 Å². The summed E-state index contributed by atoms with van der Waals surface area (Å²) in [5, 5.41) is 6.36. The predicted molar refractivity (Wildman–Crippen MR) is 86.1 cm³/mol. The number of pyridine rings is 1. The molecule has 3 nitrogen and oxygen atoms in total. The molecule has 2 aromatic heterocycles. The summed E-state index contributed by atoms with van der Waals surface area (Å²) < 4.78 is 1.97. The molecule has 0 amide bonds. The highest BCUT2D eigenvalue weighted by molar-refractivity contribution is 7.98. The van der Waals surface area contributed by atoms with E-state index in [0.717, 1.165) is 38.4 Å². The van der Waals surface area contributed by atoms with Crippen molar-refractivity contribution in [3.8, 4) is 16.9 Å². The van der Waals surface area contributed by atoms with Gasteiger partial charge in [0.15, 0.2) is 0 Å². The Morgan fingerprint density at radius 3 is 2.76 bits per heavy atom. The molecule has 5 heteroatoms. The SMILES string of the molecule is Cc1ccc2c(n1)SCc1cnn(-c3ccc(Cl)cc3)c1-2. The lowest BCUT2D eigenvalue weighted by Gasteiger charge is -2.17. The minimum Gasteiger partial charge on any atom is -0.246 e. The summed E-state index contributed by atoms with van der Waals surface area (Å²) >= 11 is 7.74. The molecule has 1 aliphatic heterocycles. The number of thioether (sulfide) groups is 1. The van der Waals surface area contributed by atoms with Gasteiger partial charge < -0.3 is 0 Å². The smallest absolute Gasteiger partial charge is 0.106 e. The third-order valence-electron chi connectivity index (χ3n) is 3.54. The van der Waals surface area contributed by atoms with E-state index in [1.54, 1.807) is 11.8 Å². The second-order valence-corrected chi connectivity index (χ2v) is 6.40. The molecule has 0 fully saturated rings. The molecule has 0 N–H and O–H groups in total. The van der Waals surface area contributed by atoms with Crippen molar-refractivity contribution in [1.29, 1.82) is 0 Å². The van der Waals surface area contributed by atoms with E-state index in [-0.39, 0.29) is 0 Å². The van der Waals surface area contributed by atoms with E-state index in [1.165, 1.54) is 5.56 Å². The van der Waals surface area contributed by atoms with Gasteiger partial charge in [0.2, 0.25) is 0 Å². The Bertz CT molecular complexity index is 824. The molecule has 21 heavy (non-hydrogen) atoms. The summed E-state index contributed by atoms with van der Waals surface area (Å²) in [6.07, 6.45) is 1.94. The second-order valence-electron chi connectivity index (χ2n) is 5.00. The molecule has 3 heterocycles. The van der Waals surface area contributed by atoms with Crippen molar-refractivity contribution in [2.45, 2.75) is 17.7 Å². The average Bonchev–Trinajstić information content (AvgIpc) is 2.92. The molecule has 104 valence electrons. The number of benzene rings is 1. The fourth-order valence-corrected chi connectivity index (χ4v) is 3.68. The van der Waals surface area contributed by atoms with Crippen molar-refractivity contribution in [1.82, 2.24) is 14.8 Å². The molecular weight excluding hydrogens is 302 g/mol. The highest BCUT2D eigenvalue weighted by Crippen LogP contribution is 2.41. The van der Waals surface area contributed by atoms with E-state index in [1.807, 2.05) is 48.1 Å². The Morgan fingerprint density at radius 1 is 1.14 bits per heavy atom. The van der Waals surface area contributed by atoms with Crippen molar-refractivity contribution >= 4 is 23.4 Å². The van der Waals surface area contributed by atoms with Crippen LogP contribution in [0.15, 0.2) is 47.6 Å². The van der Waals surface area contributed by atoms with E-state index < -0.39 is 0 Å². The first-order valence-electron chi connectivity index (χ1n) is 6.66. The first kappa shape index (κ1) is 12.9. The van der Waals surface area contributed by atoms with Crippen molar-refractivity contribution in [3.05, 3.63) is 58.9 Å². The molecule has 0 bridgehead atoms. The Morgan fingerprint density at radius 2 is 1.95 bits per heavy atom. The molecule has 1 aromatic carbocycles. The van der Waals surface area contributed by atoms with Crippen LogP contribution in [-0.4, -0.2) is 14.8 Å². The Balaban J connectivity index is 1.92. The monoisotopic (exact) mass is 313 g/mol. The number of hydrogen-bond acceptors (Lipinski definition) is 3. The molecule has 0 aliphatic carbocycles. The molecule has 3 aromatic rings. The molecule has 0 spiro atoms. The maximum absolute atomic E-state index is 5.97. The molecule has 0 unspecified atom stereocenters. The van der Waals surface area contributed by atoms with E-state index in [2.05, 4.69) is 16.1 Å². The third kappa shape index (κ3) is 2.15. The first-order chi connectivity index (χ1) is 10.2. The van der Waals surface area contributed by atoms with Gasteiger partial charge in [0.05, 0.1) is 17.6 Å². The summed E-state index contributed by atoms with van der Waals surface area (Å²) in [6, 6.07) is 11.9. The van der Waals surface area contributed by atoms with Gasteiger partial charge in [0, 0.05) is 27.6 Å². The van der Waals surface area contributed by atoms with Gasteiger partial charge in [0.25, 0.3) is 0 Å². The Kier molecular flexibility index (Phi) is 3.01. The van der Waals surface area contributed by atoms with Crippen molar-refractivity contribution in [3.63, 3.8) is 0 Å². The lowest BCUT2D eigenvalue weighted by Crippen LogP contribution is -2.04. The molecule has 0 saturated carbocycles. The molecule has 1 aliphatic rings. The lowest BCUT2D eigenvalue weighted by atomic mass is 10.1. The number of fused-ring (bicyclic) bond motifs is 3. The second kappa shape index (κ2) is 4.90. The van der Waals surface area contributed by atoms with Crippen LogP contribution in [-0.2, 0) is 5.75 Å². The third-order valence-corrected chi connectivity index (χ3v) is 4.83. The van der Waals surface area contributed by atoms with Crippen LogP contribution in [0.25, 0.3) is 16.9 Å². The van der Waals surface area contributed by atoms with Gasteiger partial charge in [-0.25, -0.2) is 9.67 Å². The number of rotatable bonds is 1. The summed E-state index contributed by atoms with van der Waals surface area (Å²) in [5.41, 5.74) is 5.59. The summed E-state index contributed by atoms with van der Waals surface area (Å²) in [7, 11) is 0. The van der Waals surface area contributed by atoms with Gasteiger partial charge in [-0.05, 0) is 43.3 Å². The highest BCUT2D eigenvalue weighted by Gasteiger charge is 2.23. The molecule has 0 saturated heterocycles. The number of halogens is 1. The maximum Gasteiger partial charge on any atom is 0.106 e. The van der Waals surface area contributed by atoms with Crippen LogP contribution in [0.2, 0.25) is 5.02 Å². The summed E-state index contributed by atoms with van der Waals surface area (Å²) in [6.45, 7) is 2.02. The fraction of sp³-hybridized carbons (Fsp3) is 0.125. The normalized spacial score (nSPS) is 12.9. The highest BCUT2D eigenvalue weighted by atomic mass is 35.5. The van der Waals surface area contributed by atoms with Crippen LogP contribution in [0, 0.1) is 6.92 Å². The van der Waals surface area contributed by atoms with Crippen LogP contribution in [0.3, 0.4) is 0 Å². The zero-order chi connectivity index (χ0) is 14.4. The lowest BCUT2D eigenvalue weighted by molar-refractivity contribution is 0.881. The topological polar surface area (TPSA) is 30.7 Å². The van der Waals surface area contributed by atoms with Crippen molar-refractivity contribution < 1.29 is 0 Å². The van der Waals surface area contributed by atoms with Crippen LogP contribution >= 0.6 is 23.4 Å². The number of nitrogens with zero attached hydrogens (tertiary/aromatic N) is 3. The van der Waals surface area contributed by atoms with E-state index in [9.17, 15) is 0 Å². The van der Waals surface area contributed by atoms with Gasteiger partial charge in [-0.2, -0.15) is 5.10 Å². The van der Waals surface area contributed by atoms with Crippen LogP contribution in [0.4, 0.5) is 0 Å². The Labute approximate surface area is 132 Å². The largest absolute Gasteiger partial charge is 0.246 e. The first-order valence-corrected chi connectivity index (χ1v) is 8.02. The fourth-order valence-electron chi connectivity index (χ4n) is 2.52. The standard InChI is InChI=1S/C16H12ClN3S/c1-10-2-7-14-15-11(9-21-16(14)19-10)8-18-20(15)13-5-3-12(17)4-6-13/h2-8H,9H2,1H3. The van der Waals surface area contributed by atoms with Gasteiger partial charge in [-0.1, -0.05) is 11.6 Å². The summed E-state index contributed by atoms with van der Waals surface area (Å²) in [4.78, 5) is 4.64. The van der Waals surface area contributed by atoms with E-state index >= 15 is 0 Å². The predicted octanol–water partition coefficient (Wildman–Crippen LogP) is 4.50. The van der Waals surface area contributed by atoms with E-state index in [0.29, 0.717) is 0 Å². The van der Waals surface area contributed by atoms with Gasteiger partial charge in [-0.3, -0.25) is 0 Å². The maximum atomic E-state index is 5.97. The molecule has 4 rings (SSSR count). The van der Waals surface area contributed by atoms with Crippen LogP contribution in [0.5, 0.6) is 0 Å². The Hall–Kier alpha value is -1.78. The molecule has 0 radical (unpaired) electrons. The number of aryl methyl sites for hydroxylation is 1. The van der Waals surface area contributed by atoms with Crippen LogP contribution < -0.4 is 0 Å². The minimum atomic E-state index is 0.730. The van der Waals surface area contributed by atoms with Crippen molar-refractivity contribution in [2.75, 3.05) is 0 Å². The van der Waals surface area contributed by atoms with Gasteiger partial charge in [-0.15, -0.1) is 11.8 Å². The van der Waals surface area contributed by atoms with E-state index in [4.69, 9.17) is 11.6 Å². The van der Waals surface area contributed by atoms with Gasteiger partial charge in [0.1, 0.15) is 5.03 Å².